The molecule has 0 bridgehead atoms. The molecule has 8 nitrogen and oxygen atoms in total. The lowest BCUT2D eigenvalue weighted by molar-refractivity contribution is -0.123. The van der Waals surface area contributed by atoms with E-state index in [9.17, 15) is 9.59 Å². The maximum Gasteiger partial charge on any atom is 0.350 e. The van der Waals surface area contributed by atoms with Crippen molar-refractivity contribution < 1.29 is 4.79 Å². The second-order valence-electron chi connectivity index (χ2n) is 10.0. The van der Waals surface area contributed by atoms with Gasteiger partial charge in [-0.3, -0.25) is 14.3 Å². The average Bonchev–Trinajstić information content (AvgIpc) is 2.86. The molecule has 4 rings (SSSR count). The third-order valence-corrected chi connectivity index (χ3v) is 7.03. The molecule has 2 heterocycles. The Morgan fingerprint density at radius 3 is 2.63 bits per heavy atom. The number of fused-ring (bicyclic) bond motifs is 1. The number of carbonyl (C=O) groups is 1. The quantitative estimate of drug-likeness (QED) is 0.484. The first-order valence-corrected chi connectivity index (χ1v) is 12.2. The van der Waals surface area contributed by atoms with E-state index in [4.69, 9.17) is 5.26 Å². The van der Waals surface area contributed by atoms with Gasteiger partial charge in [0.1, 0.15) is 18.4 Å². The van der Waals surface area contributed by atoms with Crippen LogP contribution in [-0.2, 0) is 17.8 Å². The summed E-state index contributed by atoms with van der Waals surface area (Å²) in [5.74, 6) is 0.271. The smallest absolute Gasteiger partial charge is 0.350 e. The van der Waals surface area contributed by atoms with E-state index in [0.29, 0.717) is 18.8 Å². The minimum atomic E-state index is -0.567. The van der Waals surface area contributed by atoms with E-state index < -0.39 is 6.04 Å². The second kappa shape index (κ2) is 10.7. The minimum Gasteiger partial charge on any atom is -0.357 e. The van der Waals surface area contributed by atoms with Crippen LogP contribution in [0.3, 0.4) is 0 Å². The summed E-state index contributed by atoms with van der Waals surface area (Å²) in [5, 5.41) is 15.8. The van der Waals surface area contributed by atoms with Crippen molar-refractivity contribution >= 4 is 22.6 Å². The molecule has 0 radical (unpaired) electrons. The number of amides is 1. The van der Waals surface area contributed by atoms with Crippen LogP contribution < -0.4 is 16.3 Å². The maximum atomic E-state index is 13.1. The summed E-state index contributed by atoms with van der Waals surface area (Å²) in [6, 6.07) is 12.9. The number of hydrogen-bond donors (Lipinski definition) is 2. The molecule has 8 heteroatoms. The van der Waals surface area contributed by atoms with Gasteiger partial charge in [0.2, 0.25) is 5.91 Å². The van der Waals surface area contributed by atoms with Crippen LogP contribution in [0.2, 0.25) is 0 Å². The molecule has 0 aliphatic heterocycles. The van der Waals surface area contributed by atoms with E-state index in [2.05, 4.69) is 34.4 Å². The van der Waals surface area contributed by atoms with Gasteiger partial charge in [-0.2, -0.15) is 10.2 Å². The van der Waals surface area contributed by atoms with Crippen molar-refractivity contribution in [2.45, 2.75) is 58.5 Å². The predicted octanol–water partition coefficient (Wildman–Crippen LogP) is 3.67. The Balaban J connectivity index is 1.65. The zero-order chi connectivity index (χ0) is 24.8. The topological polar surface area (TPSA) is 113 Å². The van der Waals surface area contributed by atoms with Crippen molar-refractivity contribution in [3.8, 4) is 6.07 Å². The number of benzene rings is 1. The summed E-state index contributed by atoms with van der Waals surface area (Å²) in [7, 11) is 0. The van der Waals surface area contributed by atoms with Gasteiger partial charge in [-0.05, 0) is 73.3 Å². The molecule has 1 amide bonds. The first-order chi connectivity index (χ1) is 16.9. The molecule has 1 saturated carbocycles. The minimum absolute atomic E-state index is 0.0556. The monoisotopic (exact) mass is 472 g/mol. The van der Waals surface area contributed by atoms with Gasteiger partial charge < -0.3 is 10.6 Å². The molecule has 1 aliphatic rings. The Labute approximate surface area is 205 Å². The second-order valence-corrected chi connectivity index (χ2v) is 10.0. The Morgan fingerprint density at radius 1 is 1.20 bits per heavy atom. The van der Waals surface area contributed by atoms with Crippen LogP contribution in [0.1, 0.15) is 45.1 Å². The number of nitriles is 1. The number of hydrogen-bond acceptors (Lipinski definition) is 6. The first-order valence-electron chi connectivity index (χ1n) is 12.2. The van der Waals surface area contributed by atoms with Gasteiger partial charge in [0.05, 0.1) is 11.6 Å². The number of pyridine rings is 1. The number of anilines is 1. The van der Waals surface area contributed by atoms with Gasteiger partial charge in [-0.15, -0.1) is 0 Å². The van der Waals surface area contributed by atoms with E-state index in [1.807, 2.05) is 42.5 Å². The highest BCUT2D eigenvalue weighted by molar-refractivity contribution is 5.92. The number of carbonyl (C=O) groups excluding carboxylic acids is 1. The Hall–Kier alpha value is -3.73. The molecule has 35 heavy (non-hydrogen) atoms. The van der Waals surface area contributed by atoms with E-state index in [-0.39, 0.29) is 29.5 Å². The highest BCUT2D eigenvalue weighted by Crippen LogP contribution is 2.40. The SMILES string of the molecule is CC1(C)CCC([C@H](Nc2nc(=O)n(CCc3ccncc3)c3ccccc23)C(=O)NCC#N)CC1. The predicted molar refractivity (Wildman–Crippen MR) is 136 cm³/mol. The van der Waals surface area contributed by atoms with Gasteiger partial charge in [-0.25, -0.2) is 4.79 Å². The summed E-state index contributed by atoms with van der Waals surface area (Å²) in [6.45, 7) is 4.94. The van der Waals surface area contributed by atoms with Crippen LogP contribution >= 0.6 is 0 Å². The van der Waals surface area contributed by atoms with Crippen molar-refractivity contribution in [2.75, 3.05) is 11.9 Å². The van der Waals surface area contributed by atoms with Crippen LogP contribution in [0, 0.1) is 22.7 Å². The van der Waals surface area contributed by atoms with Crippen molar-refractivity contribution in [3.05, 3.63) is 64.8 Å². The van der Waals surface area contributed by atoms with E-state index in [0.717, 1.165) is 42.1 Å². The van der Waals surface area contributed by atoms with Crippen LogP contribution in [0.25, 0.3) is 10.9 Å². The molecule has 2 aromatic heterocycles. The lowest BCUT2D eigenvalue weighted by Crippen LogP contribution is -2.46. The third-order valence-electron chi connectivity index (χ3n) is 7.03. The van der Waals surface area contributed by atoms with E-state index in [1.165, 1.54) is 0 Å². The molecule has 1 atom stereocenters. The molecule has 3 aromatic rings. The molecule has 182 valence electrons. The summed E-state index contributed by atoms with van der Waals surface area (Å²) >= 11 is 0. The lowest BCUT2D eigenvalue weighted by Gasteiger charge is -2.37. The third kappa shape index (κ3) is 5.86. The number of nitrogens with zero attached hydrogens (tertiary/aromatic N) is 4. The highest BCUT2D eigenvalue weighted by Gasteiger charge is 2.35. The number of aryl methyl sites for hydroxylation is 2. The van der Waals surface area contributed by atoms with Gasteiger partial charge in [0.25, 0.3) is 0 Å². The van der Waals surface area contributed by atoms with Crippen LogP contribution in [0.5, 0.6) is 0 Å². The molecule has 2 N–H and O–H groups in total. The van der Waals surface area contributed by atoms with Crippen molar-refractivity contribution in [3.63, 3.8) is 0 Å². The summed E-state index contributed by atoms with van der Waals surface area (Å²) in [5.41, 5.74) is 1.75. The number of aromatic nitrogens is 3. The molecule has 1 aliphatic carbocycles. The Kier molecular flexibility index (Phi) is 7.45. The van der Waals surface area contributed by atoms with Crippen molar-refractivity contribution in [2.24, 2.45) is 11.3 Å². The first kappa shape index (κ1) is 24.4. The Morgan fingerprint density at radius 2 is 1.91 bits per heavy atom. The van der Waals surface area contributed by atoms with Crippen LogP contribution in [0.4, 0.5) is 5.82 Å². The summed E-state index contributed by atoms with van der Waals surface area (Å²) in [6.07, 6.45) is 7.99. The molecule has 1 fully saturated rings. The fourth-order valence-corrected chi connectivity index (χ4v) is 4.88. The van der Waals surface area contributed by atoms with Gasteiger partial charge in [0.15, 0.2) is 0 Å². The van der Waals surface area contributed by atoms with Gasteiger partial charge >= 0.3 is 5.69 Å². The largest absolute Gasteiger partial charge is 0.357 e. The molecule has 0 spiro atoms. The summed E-state index contributed by atoms with van der Waals surface area (Å²) in [4.78, 5) is 34.6. The van der Waals surface area contributed by atoms with Crippen molar-refractivity contribution in [1.29, 1.82) is 5.26 Å². The van der Waals surface area contributed by atoms with E-state index >= 15 is 0 Å². The number of para-hydroxylation sites is 1. The highest BCUT2D eigenvalue weighted by atomic mass is 16.2. The Bertz CT molecular complexity index is 1270. The van der Waals surface area contributed by atoms with E-state index in [1.54, 1.807) is 17.0 Å². The average molecular weight is 473 g/mol. The molecule has 0 unspecified atom stereocenters. The molecular formula is C27H32N6O2. The fraction of sp³-hybridized carbons (Fsp3) is 0.444. The zero-order valence-corrected chi connectivity index (χ0v) is 20.3. The van der Waals surface area contributed by atoms with Gasteiger partial charge in [0, 0.05) is 24.3 Å². The molecule has 0 saturated heterocycles. The summed E-state index contributed by atoms with van der Waals surface area (Å²) < 4.78 is 1.68. The van der Waals surface area contributed by atoms with Crippen LogP contribution in [-0.4, -0.2) is 33.0 Å². The fourth-order valence-electron chi connectivity index (χ4n) is 4.88. The lowest BCUT2D eigenvalue weighted by atomic mass is 9.71. The van der Waals surface area contributed by atoms with Gasteiger partial charge in [-0.1, -0.05) is 26.0 Å². The number of rotatable bonds is 8. The maximum absolute atomic E-state index is 13.1. The molecule has 1 aromatic carbocycles. The normalized spacial score (nSPS) is 16.4. The molecular weight excluding hydrogens is 440 g/mol. The van der Waals surface area contributed by atoms with Crippen LogP contribution in [0.15, 0.2) is 53.6 Å². The van der Waals surface area contributed by atoms with Crippen molar-refractivity contribution in [1.82, 2.24) is 19.9 Å². The zero-order valence-electron chi connectivity index (χ0n) is 20.3. The number of nitrogens with one attached hydrogen (secondary N) is 2. The standard InChI is InChI=1S/C27H32N6O2/c1-27(2)12-7-20(8-13-27)23(25(34)30-17-14-28)31-24-21-5-3-4-6-22(21)33(26(35)32-24)18-11-19-9-15-29-16-10-19/h3-6,9-10,15-16,20,23H,7-8,11-13,17-18H2,1-2H3,(H,30,34)(H,31,32,35)/t23-/m0/s1.